The van der Waals surface area contributed by atoms with Crippen LogP contribution in [0.1, 0.15) is 0 Å². The number of benzene rings is 5. The summed E-state index contributed by atoms with van der Waals surface area (Å²) >= 11 is 0. The quantitative estimate of drug-likeness (QED) is 0.174. The first-order valence-electron chi connectivity index (χ1n) is 12.8. The molecule has 0 aliphatic carbocycles. The lowest BCUT2D eigenvalue weighted by molar-refractivity contribution is 0.455. The molecule has 0 fully saturated rings. The van der Waals surface area contributed by atoms with Crippen molar-refractivity contribution in [1.29, 1.82) is 21.0 Å². The number of nitriles is 4. The maximum absolute atomic E-state index is 9.52. The van der Waals surface area contributed by atoms with Crippen LogP contribution in [0.4, 0.5) is 11.4 Å². The third-order valence-electron chi connectivity index (χ3n) is 7.27. The molecule has 0 saturated carbocycles. The van der Waals surface area contributed by atoms with Crippen molar-refractivity contribution in [2.24, 2.45) is 0 Å². The second-order valence-electron chi connectivity index (χ2n) is 9.55. The average Bonchev–Trinajstić information content (AvgIpc) is 3.65. The number of nitrogens with zero attached hydrogens (tertiary/aromatic N) is 4. The summed E-state index contributed by atoms with van der Waals surface area (Å²) in [6.45, 7) is 0. The average molecular weight is 541 g/mol. The van der Waals surface area contributed by atoms with Crippen LogP contribution in [-0.2, 0) is 0 Å². The maximum Gasteiger partial charge on any atom is 0.226 e. The number of hydrogen-bond acceptors (Lipinski definition) is 8. The highest BCUT2D eigenvalue weighted by atomic mass is 16.5. The topological polar surface area (TPSA) is 138 Å². The van der Waals surface area contributed by atoms with Crippen molar-refractivity contribution >= 4 is 32.9 Å². The Hall–Kier alpha value is -6.74. The molecule has 0 amide bonds. The van der Waals surface area contributed by atoms with Gasteiger partial charge in [-0.25, -0.2) is 0 Å². The van der Waals surface area contributed by atoms with Crippen LogP contribution in [0.3, 0.4) is 0 Å². The van der Waals surface area contributed by atoms with Crippen molar-refractivity contribution in [2.75, 3.05) is 10.6 Å². The van der Waals surface area contributed by atoms with E-state index in [-0.39, 0.29) is 22.9 Å². The molecule has 194 valence electrons. The van der Waals surface area contributed by atoms with Crippen LogP contribution in [-0.4, -0.2) is 0 Å². The fourth-order valence-corrected chi connectivity index (χ4v) is 5.51. The molecule has 5 aromatic rings. The summed E-state index contributed by atoms with van der Waals surface area (Å²) in [5.41, 5.74) is 4.63. The Bertz CT molecular complexity index is 2190. The zero-order valence-corrected chi connectivity index (χ0v) is 21.7. The molecule has 5 aromatic carbocycles. The Morgan fingerprint density at radius 1 is 0.548 bits per heavy atom. The van der Waals surface area contributed by atoms with Gasteiger partial charge in [-0.05, 0) is 51.0 Å². The number of allylic oxidation sites excluding steroid dienone is 2. The Morgan fingerprint density at radius 3 is 1.71 bits per heavy atom. The summed E-state index contributed by atoms with van der Waals surface area (Å²) in [7, 11) is 0. The van der Waals surface area contributed by atoms with Gasteiger partial charge in [0.15, 0.2) is 22.6 Å². The van der Waals surface area contributed by atoms with Crippen molar-refractivity contribution in [1.82, 2.24) is 0 Å². The molecule has 8 heteroatoms. The van der Waals surface area contributed by atoms with Crippen molar-refractivity contribution in [3.8, 4) is 58.0 Å². The summed E-state index contributed by atoms with van der Waals surface area (Å²) in [5, 5.41) is 47.6. The first-order chi connectivity index (χ1) is 20.6. The van der Waals surface area contributed by atoms with Crippen LogP contribution in [0.15, 0.2) is 108 Å². The summed E-state index contributed by atoms with van der Waals surface area (Å²) < 4.78 is 12.2. The maximum atomic E-state index is 9.52. The zero-order valence-electron chi connectivity index (χ0n) is 21.7. The first kappa shape index (κ1) is 24.3. The Balaban J connectivity index is 1.66. The highest BCUT2D eigenvalue weighted by molar-refractivity contribution is 6.25. The third-order valence-corrected chi connectivity index (χ3v) is 7.27. The standard InChI is InChI=1S/C34H16N6O2/c35-15-21(16-36)33-40-27-13-24-25(14-28(27)41-33)30(20-9-5-2-6-10-20)31-23(29(24)19-7-3-1-4-8-19)11-12-26-32(31)42-34(39-26)22(17-37)18-38/h1-14,39-40H. The minimum atomic E-state index is -0.160. The van der Waals surface area contributed by atoms with Crippen molar-refractivity contribution in [3.05, 3.63) is 108 Å². The molecular formula is C34H16N6O2. The van der Waals surface area contributed by atoms with Gasteiger partial charge in [-0.15, -0.1) is 0 Å². The fourth-order valence-electron chi connectivity index (χ4n) is 5.51. The second-order valence-corrected chi connectivity index (χ2v) is 9.55. The number of fused-ring (bicyclic) bond motifs is 5. The van der Waals surface area contributed by atoms with E-state index in [1.807, 2.05) is 109 Å². The van der Waals surface area contributed by atoms with E-state index in [1.165, 1.54) is 0 Å². The van der Waals surface area contributed by atoms with Gasteiger partial charge >= 0.3 is 0 Å². The number of hydrogen-bond donors (Lipinski definition) is 2. The predicted octanol–water partition coefficient (Wildman–Crippen LogP) is 7.45. The van der Waals surface area contributed by atoms with Crippen LogP contribution in [0.5, 0.6) is 11.5 Å². The molecule has 2 N–H and O–H groups in total. The highest BCUT2D eigenvalue weighted by Gasteiger charge is 2.30. The monoisotopic (exact) mass is 540 g/mol. The van der Waals surface area contributed by atoms with E-state index < -0.39 is 0 Å². The molecule has 42 heavy (non-hydrogen) atoms. The molecule has 2 aliphatic rings. The smallest absolute Gasteiger partial charge is 0.226 e. The summed E-state index contributed by atoms with van der Waals surface area (Å²) in [6.07, 6.45) is 0. The largest absolute Gasteiger partial charge is 0.437 e. The van der Waals surface area contributed by atoms with E-state index in [9.17, 15) is 21.0 Å². The lowest BCUT2D eigenvalue weighted by Crippen LogP contribution is -2.00. The van der Waals surface area contributed by atoms with Gasteiger partial charge in [-0.1, -0.05) is 66.7 Å². The SMILES string of the molecule is N#CC(C#N)=C1Nc2cc3c(-c4ccccc4)c4ccc5c(c4c(-c4ccccc4)c3cc2O1)OC(=C(C#N)C#N)N5. The van der Waals surface area contributed by atoms with Crippen LogP contribution in [0.2, 0.25) is 0 Å². The van der Waals surface area contributed by atoms with Crippen LogP contribution < -0.4 is 20.1 Å². The Morgan fingerprint density at radius 2 is 1.10 bits per heavy atom. The molecular weight excluding hydrogens is 524 g/mol. The van der Waals surface area contributed by atoms with Crippen molar-refractivity contribution in [3.63, 3.8) is 0 Å². The number of ether oxygens (including phenoxy) is 2. The molecule has 0 spiro atoms. The minimum Gasteiger partial charge on any atom is -0.437 e. The minimum absolute atomic E-state index is 0.0830. The lowest BCUT2D eigenvalue weighted by atomic mass is 9.85. The van der Waals surface area contributed by atoms with Crippen molar-refractivity contribution in [2.45, 2.75) is 0 Å². The highest BCUT2D eigenvalue weighted by Crippen LogP contribution is 2.53. The van der Waals surface area contributed by atoms with Gasteiger partial charge in [0, 0.05) is 10.9 Å². The van der Waals surface area contributed by atoms with Gasteiger partial charge in [-0.2, -0.15) is 21.0 Å². The molecule has 0 atom stereocenters. The van der Waals surface area contributed by atoms with Gasteiger partial charge in [0.25, 0.3) is 0 Å². The molecule has 7 rings (SSSR count). The number of rotatable bonds is 2. The molecule has 2 aliphatic heterocycles. The molecule has 0 saturated heterocycles. The van der Waals surface area contributed by atoms with Gasteiger partial charge in [-0.3, -0.25) is 0 Å². The van der Waals surface area contributed by atoms with E-state index >= 15 is 0 Å². The molecule has 2 heterocycles. The molecule has 0 radical (unpaired) electrons. The van der Waals surface area contributed by atoms with Gasteiger partial charge in [0.1, 0.15) is 24.3 Å². The van der Waals surface area contributed by atoms with E-state index in [0.29, 0.717) is 22.9 Å². The molecule has 0 unspecified atom stereocenters. The molecule has 0 bridgehead atoms. The van der Waals surface area contributed by atoms with E-state index in [0.717, 1.165) is 43.8 Å². The summed E-state index contributed by atoms with van der Waals surface area (Å²) in [5.74, 6) is 1.14. The summed E-state index contributed by atoms with van der Waals surface area (Å²) in [6, 6.07) is 35.1. The Labute approximate surface area is 239 Å². The number of nitrogens with one attached hydrogen (secondary N) is 2. The van der Waals surface area contributed by atoms with Crippen LogP contribution in [0.25, 0.3) is 43.8 Å². The van der Waals surface area contributed by atoms with E-state index in [2.05, 4.69) is 10.6 Å². The number of anilines is 2. The van der Waals surface area contributed by atoms with Crippen molar-refractivity contribution < 1.29 is 9.47 Å². The molecule has 8 nitrogen and oxygen atoms in total. The summed E-state index contributed by atoms with van der Waals surface area (Å²) in [4.78, 5) is 0. The second kappa shape index (κ2) is 9.47. The van der Waals surface area contributed by atoms with Gasteiger partial charge in [0.05, 0.1) is 11.4 Å². The molecule has 0 aromatic heterocycles. The fraction of sp³-hybridized carbons (Fsp3) is 0. The van der Waals surface area contributed by atoms with E-state index in [1.54, 1.807) is 0 Å². The Kier molecular flexibility index (Phi) is 5.48. The lowest BCUT2D eigenvalue weighted by Gasteiger charge is -2.19. The van der Waals surface area contributed by atoms with Gasteiger partial charge in [0.2, 0.25) is 11.8 Å². The van der Waals surface area contributed by atoms with Crippen LogP contribution >= 0.6 is 0 Å². The first-order valence-corrected chi connectivity index (χ1v) is 12.8. The third kappa shape index (κ3) is 3.59. The van der Waals surface area contributed by atoms with E-state index in [4.69, 9.17) is 9.47 Å². The zero-order chi connectivity index (χ0) is 28.8. The van der Waals surface area contributed by atoms with Crippen LogP contribution in [0, 0.1) is 45.3 Å². The predicted molar refractivity (Wildman–Crippen MR) is 157 cm³/mol. The normalized spacial score (nSPS) is 12.4. The van der Waals surface area contributed by atoms with Gasteiger partial charge < -0.3 is 20.1 Å².